The van der Waals surface area contributed by atoms with Gasteiger partial charge in [-0.25, -0.2) is 13.6 Å². The van der Waals surface area contributed by atoms with E-state index >= 15 is 0 Å². The van der Waals surface area contributed by atoms with Crippen molar-refractivity contribution < 1.29 is 18.7 Å². The highest BCUT2D eigenvalue weighted by Gasteiger charge is 2.35. The molecule has 92 valence electrons. The first-order valence-electron chi connectivity index (χ1n) is 5.23. The number of benzene rings is 1. The van der Waals surface area contributed by atoms with Crippen LogP contribution < -0.4 is 0 Å². The molecular formula is C13H14F2O2. The molecule has 4 heteroatoms. The Labute approximate surface area is 98.6 Å². The zero-order valence-corrected chi connectivity index (χ0v) is 9.65. The van der Waals surface area contributed by atoms with E-state index in [1.807, 2.05) is 0 Å². The summed E-state index contributed by atoms with van der Waals surface area (Å²) < 4.78 is 27.2. The van der Waals surface area contributed by atoms with Gasteiger partial charge in [0.25, 0.3) is 5.92 Å². The van der Waals surface area contributed by atoms with Crippen molar-refractivity contribution in [3.05, 3.63) is 41.5 Å². The summed E-state index contributed by atoms with van der Waals surface area (Å²) >= 11 is 0. The van der Waals surface area contributed by atoms with Crippen LogP contribution in [0.3, 0.4) is 0 Å². The zero-order valence-electron chi connectivity index (χ0n) is 9.65. The number of halogens is 2. The summed E-state index contributed by atoms with van der Waals surface area (Å²) in [7, 11) is 0. The van der Waals surface area contributed by atoms with E-state index in [9.17, 15) is 13.6 Å². The quantitative estimate of drug-likeness (QED) is 0.817. The van der Waals surface area contributed by atoms with Crippen LogP contribution in [0.25, 0.3) is 6.08 Å². The lowest BCUT2D eigenvalue weighted by Crippen LogP contribution is -2.20. The minimum absolute atomic E-state index is 0.0556. The first kappa shape index (κ1) is 13.4. The molecule has 0 unspecified atom stereocenters. The van der Waals surface area contributed by atoms with Gasteiger partial charge < -0.3 is 5.11 Å². The molecular weight excluding hydrogens is 226 g/mol. The summed E-state index contributed by atoms with van der Waals surface area (Å²) in [6.45, 7) is 2.91. The second-order valence-corrected chi connectivity index (χ2v) is 4.07. The molecule has 0 saturated heterocycles. The third-order valence-corrected chi connectivity index (χ3v) is 2.44. The average molecular weight is 240 g/mol. The Hall–Kier alpha value is -1.71. The Morgan fingerprint density at radius 2 is 1.82 bits per heavy atom. The third kappa shape index (κ3) is 3.37. The predicted molar refractivity (Wildman–Crippen MR) is 61.8 cm³/mol. The van der Waals surface area contributed by atoms with Gasteiger partial charge in [-0.3, -0.25) is 0 Å². The number of hydrogen-bond donors (Lipinski definition) is 1. The van der Waals surface area contributed by atoms with Crippen molar-refractivity contribution in [1.82, 2.24) is 0 Å². The minimum Gasteiger partial charge on any atom is -0.478 e. The fraction of sp³-hybridized carbons (Fsp3) is 0.308. The van der Waals surface area contributed by atoms with Crippen LogP contribution in [-0.2, 0) is 10.7 Å². The van der Waals surface area contributed by atoms with Gasteiger partial charge in [0.1, 0.15) is 0 Å². The molecule has 0 bridgehead atoms. The largest absolute Gasteiger partial charge is 0.478 e. The SMILES string of the molecule is CC(C)C(F)(F)c1ccc(/C=C/C(=O)O)cc1. The van der Waals surface area contributed by atoms with Crippen molar-refractivity contribution in [3.63, 3.8) is 0 Å². The molecule has 17 heavy (non-hydrogen) atoms. The molecule has 0 spiro atoms. The summed E-state index contributed by atoms with van der Waals surface area (Å²) in [4.78, 5) is 10.3. The number of alkyl halides is 2. The number of carbonyl (C=O) groups is 1. The summed E-state index contributed by atoms with van der Waals surface area (Å²) in [5, 5.41) is 8.42. The molecule has 0 aliphatic carbocycles. The van der Waals surface area contributed by atoms with Crippen LogP contribution in [0.1, 0.15) is 25.0 Å². The highest BCUT2D eigenvalue weighted by atomic mass is 19.3. The van der Waals surface area contributed by atoms with Gasteiger partial charge >= 0.3 is 5.97 Å². The van der Waals surface area contributed by atoms with Crippen LogP contribution in [0.5, 0.6) is 0 Å². The van der Waals surface area contributed by atoms with Gasteiger partial charge in [0.15, 0.2) is 0 Å². The van der Waals surface area contributed by atoms with E-state index < -0.39 is 17.8 Å². The first-order valence-corrected chi connectivity index (χ1v) is 5.23. The summed E-state index contributed by atoms with van der Waals surface area (Å²) in [6.07, 6.45) is 2.33. The number of rotatable bonds is 4. The summed E-state index contributed by atoms with van der Waals surface area (Å²) in [5.74, 6) is -4.71. The van der Waals surface area contributed by atoms with Gasteiger partial charge in [-0.15, -0.1) is 0 Å². The van der Waals surface area contributed by atoms with Gasteiger partial charge in [0.05, 0.1) is 0 Å². The van der Waals surface area contributed by atoms with E-state index in [2.05, 4.69) is 0 Å². The molecule has 0 amide bonds. The maximum absolute atomic E-state index is 13.6. The second-order valence-electron chi connectivity index (χ2n) is 4.07. The lowest BCUT2D eigenvalue weighted by Gasteiger charge is -2.20. The number of aliphatic carboxylic acids is 1. The van der Waals surface area contributed by atoms with Crippen molar-refractivity contribution in [2.45, 2.75) is 19.8 Å². The Balaban J connectivity index is 2.92. The van der Waals surface area contributed by atoms with Crippen molar-refractivity contribution in [2.75, 3.05) is 0 Å². The molecule has 0 aliphatic rings. The lowest BCUT2D eigenvalue weighted by atomic mass is 9.97. The Bertz CT molecular complexity index is 420. The maximum Gasteiger partial charge on any atom is 0.328 e. The Morgan fingerprint density at radius 3 is 2.24 bits per heavy atom. The van der Waals surface area contributed by atoms with Gasteiger partial charge in [-0.2, -0.15) is 0 Å². The van der Waals surface area contributed by atoms with E-state index in [-0.39, 0.29) is 5.56 Å². The van der Waals surface area contributed by atoms with Crippen molar-refractivity contribution in [3.8, 4) is 0 Å². The van der Waals surface area contributed by atoms with Crippen LogP contribution in [0.2, 0.25) is 0 Å². The van der Waals surface area contributed by atoms with E-state index in [0.29, 0.717) is 5.56 Å². The van der Waals surface area contributed by atoms with Crippen LogP contribution in [0.15, 0.2) is 30.3 Å². The summed E-state index contributed by atoms with van der Waals surface area (Å²) in [5.41, 5.74) is 0.524. The number of carboxylic acid groups (broad SMARTS) is 1. The molecule has 0 saturated carbocycles. The van der Waals surface area contributed by atoms with Crippen molar-refractivity contribution in [2.24, 2.45) is 5.92 Å². The molecule has 0 fully saturated rings. The molecule has 1 aromatic carbocycles. The lowest BCUT2D eigenvalue weighted by molar-refractivity contribution is -0.131. The van der Waals surface area contributed by atoms with Crippen molar-refractivity contribution >= 4 is 12.0 Å². The van der Waals surface area contributed by atoms with E-state index in [0.717, 1.165) is 6.08 Å². The highest BCUT2D eigenvalue weighted by Crippen LogP contribution is 2.35. The monoisotopic (exact) mass is 240 g/mol. The van der Waals surface area contributed by atoms with Crippen molar-refractivity contribution in [1.29, 1.82) is 0 Å². The zero-order chi connectivity index (χ0) is 13.1. The van der Waals surface area contributed by atoms with Gasteiger partial charge in [0.2, 0.25) is 0 Å². The first-order chi connectivity index (χ1) is 7.84. The molecule has 1 aromatic rings. The van der Waals surface area contributed by atoms with Crippen LogP contribution in [-0.4, -0.2) is 11.1 Å². The van der Waals surface area contributed by atoms with Crippen LogP contribution in [0.4, 0.5) is 8.78 Å². The fourth-order valence-corrected chi connectivity index (χ4v) is 1.32. The Kier molecular flexibility index (Phi) is 3.99. The smallest absolute Gasteiger partial charge is 0.328 e. The molecule has 2 nitrogen and oxygen atoms in total. The normalized spacial score (nSPS) is 12.3. The average Bonchev–Trinajstić information content (AvgIpc) is 2.26. The molecule has 0 atom stereocenters. The second kappa shape index (κ2) is 5.08. The molecule has 0 radical (unpaired) electrons. The molecule has 1 N–H and O–H groups in total. The minimum atomic E-state index is -2.87. The topological polar surface area (TPSA) is 37.3 Å². The van der Waals surface area contributed by atoms with E-state index in [1.54, 1.807) is 0 Å². The molecule has 0 aliphatic heterocycles. The third-order valence-electron chi connectivity index (χ3n) is 2.44. The van der Waals surface area contributed by atoms with Gasteiger partial charge in [-0.1, -0.05) is 38.1 Å². The van der Waals surface area contributed by atoms with E-state index in [4.69, 9.17) is 5.11 Å². The highest BCUT2D eigenvalue weighted by molar-refractivity contribution is 5.85. The number of carboxylic acids is 1. The maximum atomic E-state index is 13.6. The Morgan fingerprint density at radius 1 is 1.29 bits per heavy atom. The summed E-state index contributed by atoms with van der Waals surface area (Å²) in [6, 6.07) is 5.60. The molecule has 0 aromatic heterocycles. The van der Waals surface area contributed by atoms with Gasteiger partial charge in [-0.05, 0) is 11.6 Å². The van der Waals surface area contributed by atoms with Crippen LogP contribution in [0, 0.1) is 5.92 Å². The van der Waals surface area contributed by atoms with E-state index in [1.165, 1.54) is 44.2 Å². The number of hydrogen-bond acceptors (Lipinski definition) is 1. The van der Waals surface area contributed by atoms with Crippen LogP contribution >= 0.6 is 0 Å². The fourth-order valence-electron chi connectivity index (χ4n) is 1.32. The standard InChI is InChI=1S/C13H14F2O2/c1-9(2)13(14,15)11-6-3-10(4-7-11)5-8-12(16)17/h3-9H,1-2H3,(H,16,17)/b8-5+. The predicted octanol–water partition coefficient (Wildman–Crippen LogP) is 3.53. The molecule has 1 rings (SSSR count). The molecule has 0 heterocycles. The van der Waals surface area contributed by atoms with Gasteiger partial charge in [0, 0.05) is 17.6 Å².